The molecule has 5 nitrogen and oxygen atoms in total. The Morgan fingerprint density at radius 2 is 1.91 bits per heavy atom. The van der Waals surface area contributed by atoms with Crippen LogP contribution in [0.5, 0.6) is 0 Å². The summed E-state index contributed by atoms with van der Waals surface area (Å²) in [7, 11) is 0. The first-order valence-corrected chi connectivity index (χ1v) is 7.56. The van der Waals surface area contributed by atoms with Crippen LogP contribution in [0.2, 0.25) is 0 Å². The van der Waals surface area contributed by atoms with Crippen molar-refractivity contribution in [1.82, 2.24) is 10.3 Å². The molecule has 2 N–H and O–H groups in total. The van der Waals surface area contributed by atoms with Crippen molar-refractivity contribution < 1.29 is 14.6 Å². The molecule has 0 radical (unpaired) electrons. The van der Waals surface area contributed by atoms with E-state index in [9.17, 15) is 9.90 Å². The highest BCUT2D eigenvalue weighted by Crippen LogP contribution is 2.28. The van der Waals surface area contributed by atoms with Crippen LogP contribution in [0.3, 0.4) is 0 Å². The number of alkyl carbamates (subject to hydrolysis) is 1. The fourth-order valence-electron chi connectivity index (χ4n) is 1.91. The van der Waals surface area contributed by atoms with Crippen molar-refractivity contribution >= 4 is 6.09 Å². The molecule has 1 aromatic rings. The molecular formula is C17H28N2O3. The number of nitrogens with zero attached hydrogens (tertiary/aromatic N) is 1. The average molecular weight is 308 g/mol. The minimum absolute atomic E-state index is 0.0397. The summed E-state index contributed by atoms with van der Waals surface area (Å²) in [5, 5.41) is 12.8. The number of aromatic nitrogens is 1. The Labute approximate surface area is 133 Å². The van der Waals surface area contributed by atoms with E-state index in [4.69, 9.17) is 4.74 Å². The maximum absolute atomic E-state index is 11.6. The second kappa shape index (κ2) is 7.09. The lowest BCUT2D eigenvalue weighted by Gasteiger charge is -2.22. The van der Waals surface area contributed by atoms with E-state index < -0.39 is 17.8 Å². The molecule has 0 spiro atoms. The zero-order valence-corrected chi connectivity index (χ0v) is 14.4. The molecule has 0 saturated heterocycles. The lowest BCUT2D eigenvalue weighted by atomic mass is 9.88. The maximum Gasteiger partial charge on any atom is 0.407 e. The third-order valence-corrected chi connectivity index (χ3v) is 2.83. The van der Waals surface area contributed by atoms with Gasteiger partial charge in [0.1, 0.15) is 5.60 Å². The fourth-order valence-corrected chi connectivity index (χ4v) is 1.91. The first-order chi connectivity index (χ1) is 9.96. The predicted molar refractivity (Wildman–Crippen MR) is 86.3 cm³/mol. The van der Waals surface area contributed by atoms with Crippen LogP contribution in [0, 0.1) is 5.41 Å². The van der Waals surface area contributed by atoms with Gasteiger partial charge in [-0.2, -0.15) is 0 Å². The summed E-state index contributed by atoms with van der Waals surface area (Å²) in [5.74, 6) is 0. The van der Waals surface area contributed by atoms with Gasteiger partial charge in [-0.3, -0.25) is 4.98 Å². The molecule has 1 amide bonds. The van der Waals surface area contributed by atoms with Gasteiger partial charge in [-0.05, 0) is 44.2 Å². The number of ether oxygens (including phenoxy) is 1. The number of carbonyl (C=O) groups is 1. The minimum atomic E-state index is -0.576. The molecule has 1 heterocycles. The van der Waals surface area contributed by atoms with Gasteiger partial charge in [-0.15, -0.1) is 0 Å². The second-order valence-corrected chi connectivity index (χ2v) is 7.73. The van der Waals surface area contributed by atoms with E-state index in [0.717, 1.165) is 5.56 Å². The van der Waals surface area contributed by atoms with E-state index in [1.807, 2.05) is 26.8 Å². The number of pyridine rings is 1. The number of aliphatic hydroxyl groups is 1. The predicted octanol–water partition coefficient (Wildman–Crippen LogP) is 3.58. The third-order valence-electron chi connectivity index (χ3n) is 2.83. The zero-order chi connectivity index (χ0) is 17.0. The molecular weight excluding hydrogens is 280 g/mol. The Kier molecular flexibility index (Phi) is 5.94. The number of amides is 1. The van der Waals surface area contributed by atoms with Crippen molar-refractivity contribution in [2.45, 2.75) is 66.2 Å². The third kappa shape index (κ3) is 7.41. The standard InChI is InChI=1S/C17H28N2O3/c1-16(2,3)9-14(20)13-8-7-12(10-18-13)11-19-15(21)22-17(4,5)6/h7-8,10,14,20H,9,11H2,1-6H3,(H,19,21). The summed E-state index contributed by atoms with van der Waals surface area (Å²) >= 11 is 0. The molecule has 1 unspecified atom stereocenters. The number of rotatable bonds is 4. The summed E-state index contributed by atoms with van der Waals surface area (Å²) in [6.07, 6.45) is 1.28. The highest BCUT2D eigenvalue weighted by atomic mass is 16.6. The van der Waals surface area contributed by atoms with Gasteiger partial charge < -0.3 is 15.2 Å². The molecule has 5 heteroatoms. The van der Waals surface area contributed by atoms with Crippen LogP contribution < -0.4 is 5.32 Å². The fraction of sp³-hybridized carbons (Fsp3) is 0.647. The molecule has 22 heavy (non-hydrogen) atoms. The summed E-state index contributed by atoms with van der Waals surface area (Å²) < 4.78 is 5.17. The van der Waals surface area contributed by atoms with Crippen LogP contribution in [-0.2, 0) is 11.3 Å². The molecule has 1 aromatic heterocycles. The van der Waals surface area contributed by atoms with E-state index in [1.54, 1.807) is 12.3 Å². The maximum atomic E-state index is 11.6. The Hall–Kier alpha value is -1.62. The molecule has 1 rings (SSSR count). The number of carbonyl (C=O) groups excluding carboxylic acids is 1. The molecule has 1 atom stereocenters. The van der Waals surface area contributed by atoms with Gasteiger partial charge in [0, 0.05) is 12.7 Å². The van der Waals surface area contributed by atoms with Crippen LogP contribution in [0.1, 0.15) is 65.3 Å². The lowest BCUT2D eigenvalue weighted by Crippen LogP contribution is -2.32. The monoisotopic (exact) mass is 308 g/mol. The number of hydrogen-bond donors (Lipinski definition) is 2. The van der Waals surface area contributed by atoms with Crippen molar-refractivity contribution in [3.05, 3.63) is 29.6 Å². The van der Waals surface area contributed by atoms with Crippen LogP contribution >= 0.6 is 0 Å². The quantitative estimate of drug-likeness (QED) is 0.892. The largest absolute Gasteiger partial charge is 0.444 e. The van der Waals surface area contributed by atoms with Crippen molar-refractivity contribution in [3.63, 3.8) is 0 Å². The van der Waals surface area contributed by atoms with Gasteiger partial charge in [-0.25, -0.2) is 4.79 Å². The highest BCUT2D eigenvalue weighted by Gasteiger charge is 2.19. The SMILES string of the molecule is CC(C)(C)CC(O)c1ccc(CNC(=O)OC(C)(C)C)cn1. The number of hydrogen-bond acceptors (Lipinski definition) is 4. The van der Waals surface area contributed by atoms with Crippen molar-refractivity contribution in [2.75, 3.05) is 0 Å². The smallest absolute Gasteiger partial charge is 0.407 e. The normalized spacial score (nSPS) is 13.6. The lowest BCUT2D eigenvalue weighted by molar-refractivity contribution is 0.0523. The first kappa shape index (κ1) is 18.4. The molecule has 124 valence electrons. The summed E-state index contributed by atoms with van der Waals surface area (Å²) in [5.41, 5.74) is 1.04. The van der Waals surface area contributed by atoms with Crippen LogP contribution in [0.4, 0.5) is 4.79 Å². The van der Waals surface area contributed by atoms with E-state index in [-0.39, 0.29) is 5.41 Å². The van der Waals surface area contributed by atoms with E-state index >= 15 is 0 Å². The van der Waals surface area contributed by atoms with Crippen molar-refractivity contribution in [1.29, 1.82) is 0 Å². The Bertz CT molecular complexity index is 484. The molecule has 0 aromatic carbocycles. The molecule has 0 aliphatic rings. The van der Waals surface area contributed by atoms with E-state index in [0.29, 0.717) is 18.7 Å². The molecule has 0 aliphatic carbocycles. The second-order valence-electron chi connectivity index (χ2n) is 7.73. The Morgan fingerprint density at radius 1 is 1.27 bits per heavy atom. The molecule has 0 fully saturated rings. The van der Waals surface area contributed by atoms with Gasteiger partial charge in [0.25, 0.3) is 0 Å². The number of aliphatic hydroxyl groups excluding tert-OH is 1. The average Bonchev–Trinajstić information content (AvgIpc) is 2.33. The zero-order valence-electron chi connectivity index (χ0n) is 14.4. The molecule has 0 aliphatic heterocycles. The summed E-state index contributed by atoms with van der Waals surface area (Å²) in [6.45, 7) is 12.0. The van der Waals surface area contributed by atoms with Gasteiger partial charge in [-0.1, -0.05) is 26.8 Å². The van der Waals surface area contributed by atoms with E-state index in [2.05, 4.69) is 31.1 Å². The Morgan fingerprint density at radius 3 is 2.36 bits per heavy atom. The topological polar surface area (TPSA) is 71.5 Å². The van der Waals surface area contributed by atoms with Crippen LogP contribution in [0.15, 0.2) is 18.3 Å². The molecule has 0 bridgehead atoms. The van der Waals surface area contributed by atoms with Crippen LogP contribution in [0.25, 0.3) is 0 Å². The van der Waals surface area contributed by atoms with Crippen molar-refractivity contribution in [2.24, 2.45) is 5.41 Å². The van der Waals surface area contributed by atoms with Gasteiger partial charge in [0.15, 0.2) is 0 Å². The summed E-state index contributed by atoms with van der Waals surface area (Å²) in [4.78, 5) is 15.8. The van der Waals surface area contributed by atoms with Gasteiger partial charge >= 0.3 is 6.09 Å². The van der Waals surface area contributed by atoms with E-state index in [1.165, 1.54) is 0 Å². The first-order valence-electron chi connectivity index (χ1n) is 7.56. The van der Waals surface area contributed by atoms with Gasteiger partial charge in [0.2, 0.25) is 0 Å². The highest BCUT2D eigenvalue weighted by molar-refractivity contribution is 5.67. The minimum Gasteiger partial charge on any atom is -0.444 e. The van der Waals surface area contributed by atoms with Crippen molar-refractivity contribution in [3.8, 4) is 0 Å². The van der Waals surface area contributed by atoms with Gasteiger partial charge in [0.05, 0.1) is 11.8 Å². The Balaban J connectivity index is 2.53. The molecule has 0 saturated carbocycles. The number of nitrogens with one attached hydrogen (secondary N) is 1. The van der Waals surface area contributed by atoms with Crippen LogP contribution in [-0.4, -0.2) is 21.8 Å². The summed E-state index contributed by atoms with van der Waals surface area (Å²) in [6, 6.07) is 3.65.